The zero-order chi connectivity index (χ0) is 13.5. The molecule has 100 valence electrons. The second-order valence-corrected chi connectivity index (χ2v) is 4.46. The Hall–Kier alpha value is -1.42. The van der Waals surface area contributed by atoms with E-state index in [4.69, 9.17) is 0 Å². The van der Waals surface area contributed by atoms with E-state index >= 15 is 0 Å². The minimum atomic E-state index is -0.515. The van der Waals surface area contributed by atoms with Crippen molar-refractivity contribution in [3.8, 4) is 0 Å². The number of aliphatic hydroxyl groups is 1. The molecule has 0 saturated heterocycles. The molecule has 0 fully saturated rings. The molecular weight excluding hydrogens is 233 g/mol. The Kier molecular flexibility index (Phi) is 5.78. The van der Waals surface area contributed by atoms with Crippen molar-refractivity contribution in [2.45, 2.75) is 38.7 Å². The summed E-state index contributed by atoms with van der Waals surface area (Å²) in [6.07, 6.45) is 1.02. The first-order valence-electron chi connectivity index (χ1n) is 6.25. The third-order valence-corrected chi connectivity index (χ3v) is 2.88. The van der Waals surface area contributed by atoms with Gasteiger partial charge < -0.3 is 10.4 Å². The molecule has 2 N–H and O–H groups in total. The van der Waals surface area contributed by atoms with E-state index in [2.05, 4.69) is 5.32 Å². The Balaban J connectivity index is 2.51. The molecule has 2 atom stereocenters. The molecule has 0 spiro atoms. The number of nitrogens with one attached hydrogen (secondary N) is 1. The molecule has 0 aliphatic carbocycles. The Morgan fingerprint density at radius 2 is 2.22 bits per heavy atom. The highest BCUT2D eigenvalue weighted by Crippen LogP contribution is 2.16. The molecular formula is C14H20FNO2. The predicted molar refractivity (Wildman–Crippen MR) is 68.7 cm³/mol. The summed E-state index contributed by atoms with van der Waals surface area (Å²) < 4.78 is 13.0. The molecule has 18 heavy (non-hydrogen) atoms. The van der Waals surface area contributed by atoms with Crippen LogP contribution < -0.4 is 5.32 Å². The monoisotopic (exact) mass is 253 g/mol. The van der Waals surface area contributed by atoms with Crippen LogP contribution in [0.1, 0.15) is 38.2 Å². The van der Waals surface area contributed by atoms with E-state index in [0.717, 1.165) is 6.42 Å². The third kappa shape index (κ3) is 4.45. The summed E-state index contributed by atoms with van der Waals surface area (Å²) >= 11 is 0. The van der Waals surface area contributed by atoms with Crippen molar-refractivity contribution in [2.75, 3.05) is 6.54 Å². The molecule has 4 heteroatoms. The van der Waals surface area contributed by atoms with Crippen LogP contribution in [0.5, 0.6) is 0 Å². The Bertz CT molecular complexity index is 395. The number of hydrogen-bond donors (Lipinski definition) is 2. The number of carbonyl (C=O) groups is 1. The molecule has 0 aliphatic rings. The second-order valence-electron chi connectivity index (χ2n) is 4.46. The fraction of sp³-hybridized carbons (Fsp3) is 0.500. The van der Waals surface area contributed by atoms with Gasteiger partial charge in [-0.05, 0) is 31.0 Å². The largest absolute Gasteiger partial charge is 0.391 e. The molecule has 1 amide bonds. The lowest BCUT2D eigenvalue weighted by Crippen LogP contribution is -2.34. The van der Waals surface area contributed by atoms with Gasteiger partial charge in [-0.15, -0.1) is 0 Å². The Morgan fingerprint density at radius 1 is 1.50 bits per heavy atom. The molecule has 1 rings (SSSR count). The molecule has 1 aromatic carbocycles. The Labute approximate surface area is 107 Å². The summed E-state index contributed by atoms with van der Waals surface area (Å²) in [6.45, 7) is 3.93. The normalized spacial score (nSPS) is 14.0. The first-order chi connectivity index (χ1) is 8.54. The van der Waals surface area contributed by atoms with Gasteiger partial charge in [0, 0.05) is 6.54 Å². The molecule has 0 radical (unpaired) electrons. The van der Waals surface area contributed by atoms with Crippen molar-refractivity contribution in [1.29, 1.82) is 0 Å². The summed E-state index contributed by atoms with van der Waals surface area (Å²) in [5.41, 5.74) is 0.637. The van der Waals surface area contributed by atoms with Gasteiger partial charge in [-0.25, -0.2) is 4.39 Å². The van der Waals surface area contributed by atoms with Gasteiger partial charge in [0.05, 0.1) is 12.0 Å². The number of carbonyl (C=O) groups excluding carboxylic acids is 1. The second kappa shape index (κ2) is 7.11. The number of amides is 1. The van der Waals surface area contributed by atoms with E-state index < -0.39 is 12.0 Å². The minimum absolute atomic E-state index is 0.198. The zero-order valence-corrected chi connectivity index (χ0v) is 10.8. The first-order valence-corrected chi connectivity index (χ1v) is 6.25. The van der Waals surface area contributed by atoms with Crippen molar-refractivity contribution in [3.63, 3.8) is 0 Å². The number of hydrogen-bond acceptors (Lipinski definition) is 2. The van der Waals surface area contributed by atoms with E-state index in [1.807, 2.05) is 6.92 Å². The van der Waals surface area contributed by atoms with Crippen LogP contribution in [0, 0.1) is 5.82 Å². The van der Waals surface area contributed by atoms with E-state index in [1.165, 1.54) is 12.1 Å². The van der Waals surface area contributed by atoms with Gasteiger partial charge in [0.25, 0.3) is 0 Å². The van der Waals surface area contributed by atoms with Gasteiger partial charge in [0.2, 0.25) is 5.91 Å². The highest BCUT2D eigenvalue weighted by Gasteiger charge is 2.16. The van der Waals surface area contributed by atoms with Crippen LogP contribution >= 0.6 is 0 Å². The van der Waals surface area contributed by atoms with Crippen LogP contribution in [0.4, 0.5) is 4.39 Å². The smallest absolute Gasteiger partial charge is 0.227 e. The van der Waals surface area contributed by atoms with E-state index in [-0.39, 0.29) is 18.3 Å². The van der Waals surface area contributed by atoms with E-state index in [1.54, 1.807) is 19.1 Å². The van der Waals surface area contributed by atoms with Gasteiger partial charge in [-0.3, -0.25) is 4.79 Å². The fourth-order valence-electron chi connectivity index (χ4n) is 1.73. The molecule has 0 bridgehead atoms. The number of benzene rings is 1. The average molecular weight is 253 g/mol. The lowest BCUT2D eigenvalue weighted by Gasteiger charge is -2.15. The van der Waals surface area contributed by atoms with Crippen LogP contribution in [0.15, 0.2) is 24.3 Å². The summed E-state index contributed by atoms with van der Waals surface area (Å²) in [5.74, 6) is -0.969. The van der Waals surface area contributed by atoms with Crippen LogP contribution in [0.2, 0.25) is 0 Å². The molecule has 0 aromatic heterocycles. The fourth-order valence-corrected chi connectivity index (χ4v) is 1.73. The SMILES string of the molecule is CCCC(O)CNC(=O)C(C)c1cccc(F)c1. The summed E-state index contributed by atoms with van der Waals surface area (Å²) in [5, 5.41) is 12.2. The van der Waals surface area contributed by atoms with Gasteiger partial charge >= 0.3 is 0 Å². The predicted octanol–water partition coefficient (Wildman–Crippen LogP) is 2.21. The number of rotatable bonds is 6. The van der Waals surface area contributed by atoms with Gasteiger partial charge in [0.1, 0.15) is 5.82 Å². The summed E-state index contributed by atoms with van der Waals surface area (Å²) in [7, 11) is 0. The van der Waals surface area contributed by atoms with Gasteiger partial charge in [-0.1, -0.05) is 25.5 Å². The molecule has 0 aliphatic heterocycles. The lowest BCUT2D eigenvalue weighted by molar-refractivity contribution is -0.122. The number of aliphatic hydroxyl groups excluding tert-OH is 1. The van der Waals surface area contributed by atoms with Crippen molar-refractivity contribution in [3.05, 3.63) is 35.6 Å². The van der Waals surface area contributed by atoms with Crippen LogP contribution in [-0.2, 0) is 4.79 Å². The quantitative estimate of drug-likeness (QED) is 0.816. The molecule has 0 heterocycles. The topological polar surface area (TPSA) is 49.3 Å². The van der Waals surface area contributed by atoms with Gasteiger partial charge in [0.15, 0.2) is 0 Å². The summed E-state index contributed by atoms with van der Waals surface area (Å²) in [6, 6.07) is 6.00. The van der Waals surface area contributed by atoms with Crippen LogP contribution in [-0.4, -0.2) is 23.7 Å². The molecule has 1 aromatic rings. The maximum atomic E-state index is 13.0. The van der Waals surface area contributed by atoms with E-state index in [0.29, 0.717) is 12.0 Å². The first kappa shape index (κ1) is 14.6. The maximum Gasteiger partial charge on any atom is 0.227 e. The third-order valence-electron chi connectivity index (χ3n) is 2.88. The molecule has 3 nitrogen and oxygen atoms in total. The number of halogens is 1. The van der Waals surface area contributed by atoms with Crippen molar-refractivity contribution < 1.29 is 14.3 Å². The highest BCUT2D eigenvalue weighted by molar-refractivity contribution is 5.83. The van der Waals surface area contributed by atoms with E-state index in [9.17, 15) is 14.3 Å². The Morgan fingerprint density at radius 3 is 2.83 bits per heavy atom. The van der Waals surface area contributed by atoms with Crippen LogP contribution in [0.3, 0.4) is 0 Å². The minimum Gasteiger partial charge on any atom is -0.391 e. The van der Waals surface area contributed by atoms with Crippen molar-refractivity contribution in [2.24, 2.45) is 0 Å². The molecule has 2 unspecified atom stereocenters. The molecule has 0 saturated carbocycles. The standard InChI is InChI=1S/C14H20FNO2/c1-3-5-13(17)9-16-14(18)10(2)11-6-4-7-12(15)8-11/h4,6-8,10,13,17H,3,5,9H2,1-2H3,(H,16,18). The summed E-state index contributed by atoms with van der Waals surface area (Å²) in [4.78, 5) is 11.8. The highest BCUT2D eigenvalue weighted by atomic mass is 19.1. The maximum absolute atomic E-state index is 13.0. The van der Waals surface area contributed by atoms with Crippen LogP contribution in [0.25, 0.3) is 0 Å². The lowest BCUT2D eigenvalue weighted by atomic mass is 10.0. The average Bonchev–Trinajstić information content (AvgIpc) is 2.35. The van der Waals surface area contributed by atoms with Crippen molar-refractivity contribution >= 4 is 5.91 Å². The van der Waals surface area contributed by atoms with Crippen molar-refractivity contribution in [1.82, 2.24) is 5.32 Å². The van der Waals surface area contributed by atoms with Gasteiger partial charge in [-0.2, -0.15) is 0 Å². The zero-order valence-electron chi connectivity index (χ0n) is 10.8.